The van der Waals surface area contributed by atoms with Crippen molar-refractivity contribution in [1.82, 2.24) is 5.32 Å². The van der Waals surface area contributed by atoms with Crippen LogP contribution < -0.4 is 15.0 Å². The molecule has 3 rings (SSSR count). The summed E-state index contributed by atoms with van der Waals surface area (Å²) in [6, 6.07) is 14.5. The van der Waals surface area contributed by atoms with E-state index in [0.717, 1.165) is 10.5 Å². The summed E-state index contributed by atoms with van der Waals surface area (Å²) in [5, 5.41) is 10.9. The summed E-state index contributed by atoms with van der Waals surface area (Å²) in [4.78, 5) is 38.2. The van der Waals surface area contributed by atoms with Gasteiger partial charge in [-0.25, -0.2) is 9.69 Å². The van der Waals surface area contributed by atoms with Crippen LogP contribution in [-0.4, -0.2) is 24.5 Å². The number of barbiturate groups is 1. The molecule has 7 heteroatoms. The third-order valence-electron chi connectivity index (χ3n) is 3.90. The molecule has 2 aromatic carbocycles. The highest BCUT2D eigenvalue weighted by Gasteiger charge is 2.36. The molecule has 0 bridgehead atoms. The zero-order chi connectivity index (χ0) is 19.4. The summed E-state index contributed by atoms with van der Waals surface area (Å²) in [6.07, 6.45) is 1.35. The number of amides is 4. The fourth-order valence-electron chi connectivity index (χ4n) is 2.58. The van der Waals surface area contributed by atoms with Crippen molar-refractivity contribution in [2.45, 2.75) is 6.92 Å². The number of para-hydroxylation sites is 1. The number of hydrogen-bond acceptors (Lipinski definition) is 5. The first-order valence-electron chi connectivity index (χ1n) is 8.08. The lowest BCUT2D eigenvalue weighted by molar-refractivity contribution is -0.122. The topological polar surface area (TPSA) is 99.5 Å². The maximum Gasteiger partial charge on any atom is 0.335 e. The number of hydrogen-bond donors (Lipinski definition) is 1. The number of nitrogens with zero attached hydrogens (tertiary/aromatic N) is 2. The summed E-state index contributed by atoms with van der Waals surface area (Å²) >= 11 is 0. The number of ether oxygens (including phenoxy) is 1. The third-order valence-corrected chi connectivity index (χ3v) is 3.90. The van der Waals surface area contributed by atoms with E-state index >= 15 is 0 Å². The van der Waals surface area contributed by atoms with E-state index in [2.05, 4.69) is 5.32 Å². The van der Waals surface area contributed by atoms with E-state index in [-0.39, 0.29) is 12.2 Å². The van der Waals surface area contributed by atoms with Crippen LogP contribution in [0, 0.1) is 18.3 Å². The van der Waals surface area contributed by atoms with Gasteiger partial charge >= 0.3 is 6.03 Å². The minimum Gasteiger partial charge on any atom is -0.478 e. The van der Waals surface area contributed by atoms with Crippen molar-refractivity contribution in [3.8, 4) is 11.8 Å². The van der Waals surface area contributed by atoms with E-state index in [9.17, 15) is 14.4 Å². The molecular formula is C20H15N3O4. The summed E-state index contributed by atoms with van der Waals surface area (Å²) in [6.45, 7) is 1.71. The first-order chi connectivity index (χ1) is 13.0. The normalized spacial score (nSPS) is 15.5. The molecule has 1 aliphatic rings. The molecule has 0 spiro atoms. The van der Waals surface area contributed by atoms with Crippen molar-refractivity contribution in [2.24, 2.45) is 0 Å². The van der Waals surface area contributed by atoms with Crippen molar-refractivity contribution in [3.05, 3.63) is 65.2 Å². The van der Waals surface area contributed by atoms with Gasteiger partial charge in [0, 0.05) is 5.56 Å². The minimum atomic E-state index is -0.806. The quantitative estimate of drug-likeness (QED) is 0.666. The first kappa shape index (κ1) is 17.9. The summed E-state index contributed by atoms with van der Waals surface area (Å²) < 4.78 is 5.31. The highest BCUT2D eigenvalue weighted by molar-refractivity contribution is 6.39. The van der Waals surface area contributed by atoms with Gasteiger partial charge in [0.05, 0.1) is 5.69 Å². The van der Waals surface area contributed by atoms with Crippen LogP contribution in [0.1, 0.15) is 11.1 Å². The molecule has 1 N–H and O–H groups in total. The Morgan fingerprint density at radius 2 is 1.81 bits per heavy atom. The van der Waals surface area contributed by atoms with Gasteiger partial charge < -0.3 is 4.74 Å². The van der Waals surface area contributed by atoms with Crippen molar-refractivity contribution in [2.75, 3.05) is 11.5 Å². The molecule has 7 nitrogen and oxygen atoms in total. The van der Waals surface area contributed by atoms with E-state index in [1.807, 2.05) is 13.0 Å². The van der Waals surface area contributed by atoms with Crippen LogP contribution in [0.25, 0.3) is 6.08 Å². The van der Waals surface area contributed by atoms with Crippen LogP contribution in [0.4, 0.5) is 10.5 Å². The van der Waals surface area contributed by atoms with Crippen LogP contribution >= 0.6 is 0 Å². The van der Waals surface area contributed by atoms with E-state index < -0.39 is 17.8 Å². The highest BCUT2D eigenvalue weighted by atomic mass is 16.5. The number of imide groups is 2. The molecular weight excluding hydrogens is 346 g/mol. The summed E-state index contributed by atoms with van der Waals surface area (Å²) in [7, 11) is 0. The van der Waals surface area contributed by atoms with E-state index in [4.69, 9.17) is 10.00 Å². The molecule has 27 heavy (non-hydrogen) atoms. The molecule has 0 saturated carbocycles. The lowest BCUT2D eigenvalue weighted by Gasteiger charge is -2.26. The van der Waals surface area contributed by atoms with Crippen molar-refractivity contribution < 1.29 is 19.1 Å². The zero-order valence-electron chi connectivity index (χ0n) is 14.4. The van der Waals surface area contributed by atoms with Gasteiger partial charge in [0.2, 0.25) is 0 Å². The Balaban J connectivity index is 2.00. The number of rotatable bonds is 4. The molecule has 2 aromatic rings. The average molecular weight is 361 g/mol. The molecule has 1 aliphatic heterocycles. The maximum atomic E-state index is 12.8. The van der Waals surface area contributed by atoms with Crippen LogP contribution in [0.15, 0.2) is 54.1 Å². The highest BCUT2D eigenvalue weighted by Crippen LogP contribution is 2.25. The predicted octanol–water partition coefficient (Wildman–Crippen LogP) is 2.56. The molecule has 134 valence electrons. The van der Waals surface area contributed by atoms with Gasteiger partial charge in [-0.1, -0.05) is 35.9 Å². The van der Waals surface area contributed by atoms with Crippen LogP contribution in [0.3, 0.4) is 0 Å². The van der Waals surface area contributed by atoms with Crippen LogP contribution in [-0.2, 0) is 9.59 Å². The number of benzene rings is 2. The standard InChI is InChI=1S/C20H15N3O4/c1-13-6-8-15(9-7-13)23-19(25)16(18(24)22-20(23)26)12-14-4-2-3-5-17(14)27-11-10-21/h2-9,12H,11H2,1H3,(H,22,24,26)/b16-12+. The Labute approximate surface area is 155 Å². The number of carbonyl (C=O) groups excluding carboxylic acids is 3. The van der Waals surface area contributed by atoms with Crippen molar-refractivity contribution in [1.29, 1.82) is 5.26 Å². The Bertz CT molecular complexity index is 987. The monoisotopic (exact) mass is 361 g/mol. The van der Waals surface area contributed by atoms with Gasteiger partial charge in [-0.3, -0.25) is 14.9 Å². The molecule has 0 unspecified atom stereocenters. The number of carbonyl (C=O) groups is 3. The molecule has 0 aromatic heterocycles. The van der Waals surface area contributed by atoms with Gasteiger partial charge in [0.25, 0.3) is 11.8 Å². The van der Waals surface area contributed by atoms with Gasteiger partial charge in [-0.05, 0) is 31.2 Å². The smallest absolute Gasteiger partial charge is 0.335 e. The summed E-state index contributed by atoms with van der Waals surface area (Å²) in [5.41, 5.74) is 1.57. The molecule has 4 amide bonds. The second-order valence-electron chi connectivity index (χ2n) is 5.78. The van der Waals surface area contributed by atoms with Crippen LogP contribution in [0.5, 0.6) is 5.75 Å². The molecule has 1 fully saturated rings. The van der Waals surface area contributed by atoms with Crippen LogP contribution in [0.2, 0.25) is 0 Å². The van der Waals surface area contributed by atoms with Crippen molar-refractivity contribution >= 4 is 29.6 Å². The van der Waals surface area contributed by atoms with Gasteiger partial charge in [0.15, 0.2) is 6.61 Å². The second-order valence-corrected chi connectivity index (χ2v) is 5.78. The zero-order valence-corrected chi connectivity index (χ0v) is 14.4. The molecule has 0 radical (unpaired) electrons. The van der Waals surface area contributed by atoms with Crippen molar-refractivity contribution in [3.63, 3.8) is 0 Å². The fraction of sp³-hybridized carbons (Fsp3) is 0.100. The Hall–Kier alpha value is -3.92. The number of nitrogens with one attached hydrogen (secondary N) is 1. The number of anilines is 1. The minimum absolute atomic E-state index is 0.172. The van der Waals surface area contributed by atoms with Gasteiger partial charge in [0.1, 0.15) is 17.4 Å². The largest absolute Gasteiger partial charge is 0.478 e. The number of nitriles is 1. The van der Waals surface area contributed by atoms with E-state index in [0.29, 0.717) is 17.0 Å². The van der Waals surface area contributed by atoms with Gasteiger partial charge in [-0.2, -0.15) is 5.26 Å². The first-order valence-corrected chi connectivity index (χ1v) is 8.08. The lowest BCUT2D eigenvalue weighted by Crippen LogP contribution is -2.54. The Morgan fingerprint density at radius 3 is 2.52 bits per heavy atom. The molecule has 0 atom stereocenters. The summed E-state index contributed by atoms with van der Waals surface area (Å²) in [5.74, 6) is -1.17. The second kappa shape index (κ2) is 7.54. The third kappa shape index (κ3) is 3.70. The average Bonchev–Trinajstić information content (AvgIpc) is 2.65. The van der Waals surface area contributed by atoms with E-state index in [1.165, 1.54) is 6.08 Å². The lowest BCUT2D eigenvalue weighted by atomic mass is 10.1. The number of urea groups is 1. The molecule has 1 heterocycles. The Morgan fingerprint density at radius 1 is 1.11 bits per heavy atom. The van der Waals surface area contributed by atoms with Gasteiger partial charge in [-0.15, -0.1) is 0 Å². The maximum absolute atomic E-state index is 12.8. The Kier molecular flexibility index (Phi) is 4.99. The molecule has 0 aliphatic carbocycles. The number of aryl methyl sites for hydroxylation is 1. The molecule has 1 saturated heterocycles. The van der Waals surface area contributed by atoms with E-state index in [1.54, 1.807) is 48.5 Å². The predicted molar refractivity (Wildman–Crippen MR) is 97.7 cm³/mol. The SMILES string of the molecule is Cc1ccc(N2C(=O)NC(=O)/C(=C\c3ccccc3OCC#N)C2=O)cc1. The fourth-order valence-corrected chi connectivity index (χ4v) is 2.58.